The number of carboxylic acid groups (broad SMARTS) is 1. The lowest BCUT2D eigenvalue weighted by atomic mass is 10.2. The molecule has 0 saturated carbocycles. The molecule has 5 heteroatoms. The van der Waals surface area contributed by atoms with Gasteiger partial charge < -0.3 is 14.6 Å². The Morgan fingerprint density at radius 1 is 1.69 bits per heavy atom. The Bertz CT molecular complexity index is 374. The van der Waals surface area contributed by atoms with Gasteiger partial charge >= 0.3 is 5.97 Å². The summed E-state index contributed by atoms with van der Waals surface area (Å²) in [7, 11) is 0. The minimum Gasteiger partial charge on any atom is -0.489 e. The topological polar surface area (TPSA) is 55.8 Å². The predicted molar refractivity (Wildman–Crippen MR) is 60.3 cm³/mol. The van der Waals surface area contributed by atoms with Crippen LogP contribution < -0.4 is 4.74 Å². The van der Waals surface area contributed by atoms with Gasteiger partial charge in [0.05, 0.1) is 12.2 Å². The molecule has 0 aliphatic carbocycles. The summed E-state index contributed by atoms with van der Waals surface area (Å²) in [5.74, 6) is -0.494. The zero-order valence-corrected chi connectivity index (χ0v) is 9.83. The molecule has 1 aliphatic heterocycles. The van der Waals surface area contributed by atoms with Gasteiger partial charge in [0, 0.05) is 0 Å². The van der Waals surface area contributed by atoms with Crippen LogP contribution in [0.4, 0.5) is 0 Å². The maximum absolute atomic E-state index is 10.8. The van der Waals surface area contributed by atoms with Crippen LogP contribution in [0.25, 0.3) is 0 Å². The minimum absolute atomic E-state index is 0.0940. The van der Waals surface area contributed by atoms with E-state index in [1.807, 2.05) is 6.92 Å². The average molecular weight is 242 g/mol. The third kappa shape index (κ3) is 2.54. The highest BCUT2D eigenvalue weighted by atomic mass is 32.1. The molecule has 16 heavy (non-hydrogen) atoms. The zero-order valence-electron chi connectivity index (χ0n) is 9.01. The fraction of sp³-hybridized carbons (Fsp3) is 0.545. The summed E-state index contributed by atoms with van der Waals surface area (Å²) < 4.78 is 11.1. The van der Waals surface area contributed by atoms with Gasteiger partial charge in [-0.25, -0.2) is 4.79 Å². The lowest BCUT2D eigenvalue weighted by Gasteiger charge is -2.12. The number of thiophene rings is 1. The second-order valence-corrected chi connectivity index (χ2v) is 4.79. The molecule has 4 nitrogen and oxygen atoms in total. The van der Waals surface area contributed by atoms with E-state index in [9.17, 15) is 4.79 Å². The van der Waals surface area contributed by atoms with E-state index in [4.69, 9.17) is 14.6 Å². The standard InChI is InChI=1S/C11H14O4S/c1-7-2-3-8(15-7)6-14-9-4-5-16-10(9)11(12)13/h4-5,7-8H,2-3,6H2,1H3,(H,12,13). The van der Waals surface area contributed by atoms with Crippen molar-refractivity contribution >= 4 is 17.3 Å². The Balaban J connectivity index is 1.89. The van der Waals surface area contributed by atoms with Crippen molar-refractivity contribution in [3.05, 3.63) is 16.3 Å². The molecule has 1 N–H and O–H groups in total. The van der Waals surface area contributed by atoms with Crippen LogP contribution in [-0.2, 0) is 4.74 Å². The molecule has 1 aromatic rings. The third-order valence-electron chi connectivity index (χ3n) is 2.57. The molecule has 0 bridgehead atoms. The van der Waals surface area contributed by atoms with Crippen LogP contribution in [0.2, 0.25) is 0 Å². The summed E-state index contributed by atoms with van der Waals surface area (Å²) in [6, 6.07) is 1.69. The summed E-state index contributed by atoms with van der Waals surface area (Å²) in [6.45, 7) is 2.47. The van der Waals surface area contributed by atoms with Crippen molar-refractivity contribution in [2.45, 2.75) is 32.0 Å². The van der Waals surface area contributed by atoms with Gasteiger partial charge in [-0.15, -0.1) is 11.3 Å². The number of carbonyl (C=O) groups is 1. The largest absolute Gasteiger partial charge is 0.489 e. The smallest absolute Gasteiger partial charge is 0.349 e. The van der Waals surface area contributed by atoms with E-state index in [-0.39, 0.29) is 17.1 Å². The van der Waals surface area contributed by atoms with E-state index in [0.717, 1.165) is 12.8 Å². The van der Waals surface area contributed by atoms with Crippen molar-refractivity contribution in [3.63, 3.8) is 0 Å². The fourth-order valence-electron chi connectivity index (χ4n) is 1.76. The SMILES string of the molecule is CC1CCC(COc2ccsc2C(=O)O)O1. The highest BCUT2D eigenvalue weighted by Gasteiger charge is 2.23. The van der Waals surface area contributed by atoms with Gasteiger partial charge in [0.25, 0.3) is 0 Å². The van der Waals surface area contributed by atoms with E-state index in [1.54, 1.807) is 11.4 Å². The van der Waals surface area contributed by atoms with Crippen molar-refractivity contribution in [2.75, 3.05) is 6.61 Å². The summed E-state index contributed by atoms with van der Waals surface area (Å²) in [6.07, 6.45) is 2.41. The molecule has 1 aliphatic rings. The summed E-state index contributed by atoms with van der Waals surface area (Å²) in [4.78, 5) is 11.1. The first-order chi connectivity index (χ1) is 7.66. The number of rotatable bonds is 4. The van der Waals surface area contributed by atoms with Gasteiger partial charge in [-0.05, 0) is 31.2 Å². The molecule has 0 spiro atoms. The first-order valence-electron chi connectivity index (χ1n) is 5.26. The van der Waals surface area contributed by atoms with Crippen molar-refractivity contribution in [2.24, 2.45) is 0 Å². The molecule has 1 aromatic heterocycles. The van der Waals surface area contributed by atoms with Crippen molar-refractivity contribution in [1.29, 1.82) is 0 Å². The number of carboxylic acids is 1. The minimum atomic E-state index is -0.939. The number of hydrogen-bond acceptors (Lipinski definition) is 4. The quantitative estimate of drug-likeness (QED) is 0.880. The van der Waals surface area contributed by atoms with Gasteiger partial charge in [0.2, 0.25) is 0 Å². The molecule has 1 saturated heterocycles. The van der Waals surface area contributed by atoms with Gasteiger partial charge in [0.1, 0.15) is 12.4 Å². The molecule has 2 heterocycles. The Kier molecular flexibility index (Phi) is 3.46. The van der Waals surface area contributed by atoms with Crippen LogP contribution in [0, 0.1) is 0 Å². The molecule has 2 rings (SSSR count). The zero-order chi connectivity index (χ0) is 11.5. The third-order valence-corrected chi connectivity index (χ3v) is 3.45. The van der Waals surface area contributed by atoms with Gasteiger partial charge in [0.15, 0.2) is 4.88 Å². The summed E-state index contributed by atoms with van der Waals surface area (Å²) in [5.41, 5.74) is 0. The normalized spacial score (nSPS) is 24.6. The Labute approximate surface area is 97.8 Å². The average Bonchev–Trinajstić information content (AvgIpc) is 2.83. The maximum atomic E-state index is 10.8. The molecule has 2 unspecified atom stereocenters. The highest BCUT2D eigenvalue weighted by molar-refractivity contribution is 7.12. The molecule has 2 atom stereocenters. The number of hydrogen-bond donors (Lipinski definition) is 1. The van der Waals surface area contributed by atoms with Crippen LogP contribution in [-0.4, -0.2) is 29.9 Å². The lowest BCUT2D eigenvalue weighted by Crippen LogP contribution is -2.18. The highest BCUT2D eigenvalue weighted by Crippen LogP contribution is 2.26. The first-order valence-corrected chi connectivity index (χ1v) is 6.14. The summed E-state index contributed by atoms with van der Waals surface area (Å²) in [5, 5.41) is 10.6. The molecule has 0 aromatic carbocycles. The lowest BCUT2D eigenvalue weighted by molar-refractivity contribution is 0.0260. The van der Waals surface area contributed by atoms with Gasteiger partial charge in [-0.2, -0.15) is 0 Å². The molecule has 88 valence electrons. The van der Waals surface area contributed by atoms with Crippen LogP contribution in [0.3, 0.4) is 0 Å². The number of aromatic carboxylic acids is 1. The molecule has 0 amide bonds. The van der Waals surface area contributed by atoms with E-state index in [0.29, 0.717) is 12.4 Å². The molecule has 1 fully saturated rings. The van der Waals surface area contributed by atoms with E-state index >= 15 is 0 Å². The van der Waals surface area contributed by atoms with Crippen molar-refractivity contribution in [3.8, 4) is 5.75 Å². The van der Waals surface area contributed by atoms with Gasteiger partial charge in [-0.3, -0.25) is 0 Å². The van der Waals surface area contributed by atoms with E-state index in [1.165, 1.54) is 11.3 Å². The maximum Gasteiger partial charge on any atom is 0.349 e. The first kappa shape index (κ1) is 11.4. The second kappa shape index (κ2) is 4.84. The number of ether oxygens (including phenoxy) is 2. The fourth-order valence-corrected chi connectivity index (χ4v) is 2.43. The van der Waals surface area contributed by atoms with Crippen LogP contribution in [0.5, 0.6) is 5.75 Å². The Hall–Kier alpha value is -1.07. The summed E-state index contributed by atoms with van der Waals surface area (Å²) >= 11 is 1.18. The van der Waals surface area contributed by atoms with Crippen molar-refractivity contribution < 1.29 is 19.4 Å². The van der Waals surface area contributed by atoms with Crippen LogP contribution in [0.1, 0.15) is 29.4 Å². The Morgan fingerprint density at radius 3 is 3.12 bits per heavy atom. The predicted octanol–water partition coefficient (Wildman–Crippen LogP) is 2.39. The Morgan fingerprint density at radius 2 is 2.50 bits per heavy atom. The van der Waals surface area contributed by atoms with Gasteiger partial charge in [-0.1, -0.05) is 0 Å². The monoisotopic (exact) mass is 242 g/mol. The van der Waals surface area contributed by atoms with Crippen LogP contribution >= 0.6 is 11.3 Å². The molecular formula is C11H14O4S. The molecule has 0 radical (unpaired) electrons. The van der Waals surface area contributed by atoms with E-state index in [2.05, 4.69) is 0 Å². The van der Waals surface area contributed by atoms with Crippen molar-refractivity contribution in [1.82, 2.24) is 0 Å². The second-order valence-electron chi connectivity index (χ2n) is 3.88. The van der Waals surface area contributed by atoms with E-state index < -0.39 is 5.97 Å². The van der Waals surface area contributed by atoms with Crippen LogP contribution in [0.15, 0.2) is 11.4 Å². The molecular weight excluding hydrogens is 228 g/mol.